The number of methoxy groups -OCH3 is 1. The number of hydrogen-bond acceptors (Lipinski definition) is 4. The summed E-state index contributed by atoms with van der Waals surface area (Å²) in [6.45, 7) is 4.33. The van der Waals surface area contributed by atoms with Crippen LogP contribution in [0.5, 0.6) is 17.4 Å². The van der Waals surface area contributed by atoms with Crippen LogP contribution in [0.3, 0.4) is 0 Å². The van der Waals surface area contributed by atoms with Crippen molar-refractivity contribution in [2.24, 2.45) is 5.73 Å². The Morgan fingerprint density at radius 1 is 1.25 bits per heavy atom. The van der Waals surface area contributed by atoms with Crippen LogP contribution in [0.2, 0.25) is 0 Å². The summed E-state index contributed by atoms with van der Waals surface area (Å²) in [7, 11) is 1.63. The molecule has 0 saturated carbocycles. The number of pyridine rings is 1. The number of nitrogens with two attached hydrogens (primary N) is 1. The van der Waals surface area contributed by atoms with Crippen LogP contribution in [0, 0.1) is 13.8 Å². The van der Waals surface area contributed by atoms with Crippen molar-refractivity contribution in [2.45, 2.75) is 20.4 Å². The minimum atomic E-state index is 0.391. The summed E-state index contributed by atoms with van der Waals surface area (Å²) in [5, 5.41) is 0. The molecule has 0 atom stereocenters. The quantitative estimate of drug-likeness (QED) is 0.924. The topological polar surface area (TPSA) is 57.4 Å². The molecule has 0 amide bonds. The molecule has 5 heteroatoms. The monoisotopic (exact) mass is 336 g/mol. The Hall–Kier alpha value is -1.59. The Bertz CT molecular complexity index is 630. The van der Waals surface area contributed by atoms with Crippen LogP contribution in [0.4, 0.5) is 0 Å². The van der Waals surface area contributed by atoms with E-state index < -0.39 is 0 Å². The summed E-state index contributed by atoms with van der Waals surface area (Å²) in [5.41, 5.74) is 8.69. The highest BCUT2D eigenvalue weighted by Gasteiger charge is 2.12. The van der Waals surface area contributed by atoms with Gasteiger partial charge in [0.2, 0.25) is 5.88 Å². The predicted molar refractivity (Wildman–Crippen MR) is 82.4 cm³/mol. The summed E-state index contributed by atoms with van der Waals surface area (Å²) in [6.07, 6.45) is 0. The first-order chi connectivity index (χ1) is 9.55. The molecule has 0 aliphatic carbocycles. The summed E-state index contributed by atoms with van der Waals surface area (Å²) in [6, 6.07) is 7.52. The first-order valence-electron chi connectivity index (χ1n) is 6.23. The lowest BCUT2D eigenvalue weighted by Gasteiger charge is -2.13. The van der Waals surface area contributed by atoms with Crippen molar-refractivity contribution in [3.8, 4) is 17.4 Å². The van der Waals surface area contributed by atoms with E-state index in [-0.39, 0.29) is 0 Å². The smallest absolute Gasteiger partial charge is 0.224 e. The van der Waals surface area contributed by atoms with Crippen molar-refractivity contribution in [3.63, 3.8) is 0 Å². The number of hydrogen-bond donors (Lipinski definition) is 1. The molecule has 0 radical (unpaired) electrons. The van der Waals surface area contributed by atoms with Gasteiger partial charge in [-0.1, -0.05) is 0 Å². The number of ether oxygens (including phenoxy) is 2. The summed E-state index contributed by atoms with van der Waals surface area (Å²) in [5.74, 6) is 1.99. The van der Waals surface area contributed by atoms with E-state index in [9.17, 15) is 0 Å². The molecule has 1 heterocycles. The Balaban J connectivity index is 2.39. The Labute approximate surface area is 127 Å². The fourth-order valence-electron chi connectivity index (χ4n) is 1.96. The molecule has 106 valence electrons. The van der Waals surface area contributed by atoms with Gasteiger partial charge >= 0.3 is 0 Å². The Kier molecular flexibility index (Phi) is 4.62. The van der Waals surface area contributed by atoms with E-state index in [1.165, 1.54) is 0 Å². The van der Waals surface area contributed by atoms with Crippen LogP contribution in [-0.4, -0.2) is 12.1 Å². The van der Waals surface area contributed by atoms with Crippen molar-refractivity contribution in [3.05, 3.63) is 45.6 Å². The molecule has 0 saturated heterocycles. The van der Waals surface area contributed by atoms with Crippen molar-refractivity contribution >= 4 is 15.9 Å². The molecule has 0 spiro atoms. The van der Waals surface area contributed by atoms with Crippen LogP contribution < -0.4 is 15.2 Å². The molecular formula is C15H17BrN2O2. The lowest BCUT2D eigenvalue weighted by atomic mass is 10.1. The van der Waals surface area contributed by atoms with E-state index in [2.05, 4.69) is 20.9 Å². The van der Waals surface area contributed by atoms with Gasteiger partial charge in [0, 0.05) is 17.8 Å². The third kappa shape index (κ3) is 3.11. The molecule has 0 unspecified atom stereocenters. The normalized spacial score (nSPS) is 10.4. The van der Waals surface area contributed by atoms with E-state index in [0.29, 0.717) is 18.2 Å². The van der Waals surface area contributed by atoms with Gasteiger partial charge in [0.25, 0.3) is 0 Å². The van der Waals surface area contributed by atoms with Gasteiger partial charge in [-0.25, -0.2) is 4.98 Å². The van der Waals surface area contributed by atoms with E-state index in [1.54, 1.807) is 7.11 Å². The van der Waals surface area contributed by atoms with Gasteiger partial charge in [0.05, 0.1) is 11.6 Å². The number of halogens is 1. The van der Waals surface area contributed by atoms with Gasteiger partial charge < -0.3 is 15.2 Å². The van der Waals surface area contributed by atoms with E-state index in [0.717, 1.165) is 27.0 Å². The molecule has 1 aromatic carbocycles. The fourth-order valence-corrected chi connectivity index (χ4v) is 2.40. The SMILES string of the molecule is COc1ccc(Oc2nc(C)cc(C)c2CN)c(Br)c1. The average Bonchev–Trinajstić information content (AvgIpc) is 2.40. The van der Waals surface area contributed by atoms with Crippen LogP contribution in [0.15, 0.2) is 28.7 Å². The zero-order chi connectivity index (χ0) is 14.7. The van der Waals surface area contributed by atoms with Gasteiger partial charge in [-0.3, -0.25) is 0 Å². The Morgan fingerprint density at radius 3 is 2.60 bits per heavy atom. The highest BCUT2D eigenvalue weighted by molar-refractivity contribution is 9.10. The highest BCUT2D eigenvalue weighted by Crippen LogP contribution is 2.34. The lowest BCUT2D eigenvalue weighted by molar-refractivity contribution is 0.411. The first-order valence-corrected chi connectivity index (χ1v) is 7.03. The first kappa shape index (κ1) is 14.8. The maximum Gasteiger partial charge on any atom is 0.224 e. The van der Waals surface area contributed by atoms with Crippen molar-refractivity contribution in [2.75, 3.05) is 7.11 Å². The number of aromatic nitrogens is 1. The minimum Gasteiger partial charge on any atom is -0.497 e. The maximum atomic E-state index is 5.90. The zero-order valence-corrected chi connectivity index (χ0v) is 13.3. The molecule has 2 aromatic rings. The largest absolute Gasteiger partial charge is 0.497 e. The second-order valence-electron chi connectivity index (χ2n) is 4.47. The van der Waals surface area contributed by atoms with Gasteiger partial charge in [-0.15, -0.1) is 0 Å². The average molecular weight is 337 g/mol. The fraction of sp³-hybridized carbons (Fsp3) is 0.267. The van der Waals surface area contributed by atoms with E-state index in [1.807, 2.05) is 38.1 Å². The molecule has 2 rings (SSSR count). The van der Waals surface area contributed by atoms with Crippen LogP contribution in [0.1, 0.15) is 16.8 Å². The molecule has 2 N–H and O–H groups in total. The minimum absolute atomic E-state index is 0.391. The standard InChI is InChI=1S/C15H17BrN2O2/c1-9-6-10(2)18-15(12(9)8-17)20-14-5-4-11(19-3)7-13(14)16/h4-7H,8,17H2,1-3H3. The van der Waals surface area contributed by atoms with Crippen LogP contribution in [0.25, 0.3) is 0 Å². The number of nitrogens with zero attached hydrogens (tertiary/aromatic N) is 1. The highest BCUT2D eigenvalue weighted by atomic mass is 79.9. The predicted octanol–water partition coefficient (Wildman–Crippen LogP) is 3.72. The molecule has 0 fully saturated rings. The van der Waals surface area contributed by atoms with Gasteiger partial charge in [0.1, 0.15) is 11.5 Å². The van der Waals surface area contributed by atoms with Crippen molar-refractivity contribution < 1.29 is 9.47 Å². The molecule has 20 heavy (non-hydrogen) atoms. The third-order valence-corrected chi connectivity index (χ3v) is 3.61. The summed E-state index contributed by atoms with van der Waals surface area (Å²) >= 11 is 3.46. The van der Waals surface area contributed by atoms with Crippen molar-refractivity contribution in [1.29, 1.82) is 0 Å². The molecule has 0 aliphatic heterocycles. The van der Waals surface area contributed by atoms with E-state index >= 15 is 0 Å². The number of aryl methyl sites for hydroxylation is 2. The van der Waals surface area contributed by atoms with Gasteiger partial charge in [0.15, 0.2) is 0 Å². The van der Waals surface area contributed by atoms with Crippen LogP contribution >= 0.6 is 15.9 Å². The van der Waals surface area contributed by atoms with Crippen molar-refractivity contribution in [1.82, 2.24) is 4.98 Å². The zero-order valence-electron chi connectivity index (χ0n) is 11.7. The van der Waals surface area contributed by atoms with E-state index in [4.69, 9.17) is 15.2 Å². The molecule has 0 bridgehead atoms. The summed E-state index contributed by atoms with van der Waals surface area (Å²) in [4.78, 5) is 4.43. The second-order valence-corrected chi connectivity index (χ2v) is 5.32. The van der Waals surface area contributed by atoms with Gasteiger partial charge in [-0.05, 0) is 59.6 Å². The number of benzene rings is 1. The molecule has 0 aliphatic rings. The number of rotatable bonds is 4. The maximum absolute atomic E-state index is 5.90. The second kappa shape index (κ2) is 6.24. The van der Waals surface area contributed by atoms with Gasteiger partial charge in [-0.2, -0.15) is 0 Å². The lowest BCUT2D eigenvalue weighted by Crippen LogP contribution is -2.05. The molecule has 1 aromatic heterocycles. The summed E-state index contributed by atoms with van der Waals surface area (Å²) < 4.78 is 11.9. The van der Waals surface area contributed by atoms with Crippen LogP contribution in [-0.2, 0) is 6.54 Å². The molecular weight excluding hydrogens is 320 g/mol. The Morgan fingerprint density at radius 2 is 2.00 bits per heavy atom. The third-order valence-electron chi connectivity index (χ3n) is 2.99. The molecule has 4 nitrogen and oxygen atoms in total.